The fraction of sp³-hybridized carbons (Fsp3) is 0.143. The van der Waals surface area contributed by atoms with Crippen molar-refractivity contribution in [3.8, 4) is 0 Å². The zero-order valence-electron chi connectivity index (χ0n) is 11.6. The molecule has 7 heteroatoms. The molecule has 108 valence electrons. The van der Waals surface area contributed by atoms with Gasteiger partial charge >= 0.3 is 0 Å². The zero-order valence-corrected chi connectivity index (χ0v) is 11.6. The summed E-state index contributed by atoms with van der Waals surface area (Å²) in [4.78, 5) is 15.3. The topological polar surface area (TPSA) is 91.8 Å². The second kappa shape index (κ2) is 6.99. The van der Waals surface area contributed by atoms with E-state index < -0.39 is 0 Å². The molecule has 3 N–H and O–H groups in total. The molecule has 7 nitrogen and oxygen atoms in total. The molecular weight excluding hydrogens is 268 g/mol. The van der Waals surface area contributed by atoms with E-state index >= 15 is 0 Å². The highest BCUT2D eigenvalue weighted by Crippen LogP contribution is 2.18. The second-order valence-electron chi connectivity index (χ2n) is 4.22. The van der Waals surface area contributed by atoms with Gasteiger partial charge in [-0.25, -0.2) is 0 Å². The zero-order chi connectivity index (χ0) is 15.1. The predicted octanol–water partition coefficient (Wildman–Crippen LogP) is 2.17. The number of hydrogen-bond acceptors (Lipinski definition) is 6. The summed E-state index contributed by atoms with van der Waals surface area (Å²) in [6.07, 6.45) is 3.23. The van der Waals surface area contributed by atoms with E-state index in [4.69, 9.17) is 0 Å². The van der Waals surface area contributed by atoms with Crippen molar-refractivity contribution in [2.75, 3.05) is 22.5 Å². The molecule has 0 fully saturated rings. The Morgan fingerprint density at radius 1 is 1.38 bits per heavy atom. The van der Waals surface area contributed by atoms with E-state index in [0.29, 0.717) is 24.0 Å². The van der Waals surface area contributed by atoms with Crippen molar-refractivity contribution in [2.24, 2.45) is 0 Å². The molecule has 0 atom stereocenters. The molecule has 0 bridgehead atoms. The Kier molecular flexibility index (Phi) is 4.81. The average molecular weight is 284 g/mol. The Bertz CT molecular complexity index is 643. The van der Waals surface area contributed by atoms with Crippen molar-refractivity contribution in [3.63, 3.8) is 0 Å². The van der Waals surface area contributed by atoms with Crippen molar-refractivity contribution in [3.05, 3.63) is 43.1 Å². The Balaban J connectivity index is 2.10. The third-order valence-electron chi connectivity index (χ3n) is 2.42. The number of carbonyl (C=O) groups excluding carboxylic acids is 1. The number of nitrogens with zero attached hydrogens (tertiary/aromatic N) is 3. The first-order valence-corrected chi connectivity index (χ1v) is 6.36. The molecule has 1 amide bonds. The van der Waals surface area contributed by atoms with Crippen molar-refractivity contribution in [1.29, 1.82) is 0 Å². The Morgan fingerprint density at radius 3 is 2.95 bits per heavy atom. The van der Waals surface area contributed by atoms with Crippen LogP contribution in [0.15, 0.2) is 43.1 Å². The molecule has 1 aromatic heterocycles. The van der Waals surface area contributed by atoms with Gasteiger partial charge in [0.1, 0.15) is 0 Å². The van der Waals surface area contributed by atoms with E-state index in [-0.39, 0.29) is 5.91 Å². The molecule has 2 aromatic rings. The lowest BCUT2D eigenvalue weighted by molar-refractivity contribution is -0.114. The first-order valence-electron chi connectivity index (χ1n) is 6.36. The molecule has 0 radical (unpaired) electrons. The van der Waals surface area contributed by atoms with Gasteiger partial charge in [-0.15, -0.1) is 11.7 Å². The summed E-state index contributed by atoms with van der Waals surface area (Å²) in [5.41, 5.74) is 1.50. The molecule has 0 spiro atoms. The van der Waals surface area contributed by atoms with Crippen molar-refractivity contribution >= 4 is 29.0 Å². The van der Waals surface area contributed by atoms with Crippen LogP contribution < -0.4 is 16.0 Å². The van der Waals surface area contributed by atoms with Crippen LogP contribution in [0.5, 0.6) is 0 Å². The number of carbonyl (C=O) groups is 1. The number of nitrogens with one attached hydrogen (secondary N) is 3. The predicted molar refractivity (Wildman–Crippen MR) is 82.5 cm³/mol. The van der Waals surface area contributed by atoms with E-state index in [2.05, 4.69) is 37.7 Å². The summed E-state index contributed by atoms with van der Waals surface area (Å²) in [7, 11) is 0. The maximum atomic E-state index is 11.0. The molecule has 0 saturated heterocycles. The van der Waals surface area contributed by atoms with Gasteiger partial charge in [-0.1, -0.05) is 12.1 Å². The summed E-state index contributed by atoms with van der Waals surface area (Å²) >= 11 is 0. The van der Waals surface area contributed by atoms with Crippen LogP contribution in [0, 0.1) is 0 Å². The van der Waals surface area contributed by atoms with Crippen LogP contribution in [0.4, 0.5) is 23.1 Å². The van der Waals surface area contributed by atoms with E-state index in [1.165, 1.54) is 13.1 Å². The molecule has 1 aromatic carbocycles. The largest absolute Gasteiger partial charge is 0.349 e. The van der Waals surface area contributed by atoms with Gasteiger partial charge in [0.15, 0.2) is 5.82 Å². The number of aromatic nitrogens is 3. The van der Waals surface area contributed by atoms with Gasteiger partial charge in [0, 0.05) is 24.8 Å². The summed E-state index contributed by atoms with van der Waals surface area (Å²) in [5.74, 6) is 0.848. The minimum absolute atomic E-state index is 0.119. The second-order valence-corrected chi connectivity index (χ2v) is 4.22. The standard InChI is InChI=1S/C14H16N6O/c1-3-7-15-14-19-13(9-16-20-14)18-12-6-4-5-11(8-12)17-10(2)21/h3-6,8-9H,1,7H2,2H3,(H,17,21)(H2,15,18,19,20). The lowest BCUT2D eigenvalue weighted by Gasteiger charge is -2.08. The first kappa shape index (κ1) is 14.4. The molecule has 0 aliphatic carbocycles. The van der Waals surface area contributed by atoms with E-state index in [1.54, 1.807) is 12.1 Å². The minimum Gasteiger partial charge on any atom is -0.349 e. The minimum atomic E-state index is -0.119. The molecule has 21 heavy (non-hydrogen) atoms. The molecule has 2 rings (SSSR count). The summed E-state index contributed by atoms with van der Waals surface area (Å²) in [5, 5.41) is 16.5. The van der Waals surface area contributed by atoms with Gasteiger partial charge in [0.05, 0.1) is 6.20 Å². The highest BCUT2D eigenvalue weighted by atomic mass is 16.1. The van der Waals surface area contributed by atoms with Crippen LogP contribution in [0.3, 0.4) is 0 Å². The van der Waals surface area contributed by atoms with Gasteiger partial charge in [-0.3, -0.25) is 4.79 Å². The highest BCUT2D eigenvalue weighted by molar-refractivity contribution is 5.89. The number of rotatable bonds is 6. The van der Waals surface area contributed by atoms with Crippen LogP contribution in [0.25, 0.3) is 0 Å². The van der Waals surface area contributed by atoms with Gasteiger partial charge < -0.3 is 16.0 Å². The van der Waals surface area contributed by atoms with E-state index in [9.17, 15) is 4.79 Å². The number of hydrogen-bond donors (Lipinski definition) is 3. The lowest BCUT2D eigenvalue weighted by atomic mass is 10.2. The Hall–Kier alpha value is -2.96. The van der Waals surface area contributed by atoms with Gasteiger partial charge in [0.2, 0.25) is 11.9 Å². The number of amides is 1. The van der Waals surface area contributed by atoms with Crippen LogP contribution >= 0.6 is 0 Å². The van der Waals surface area contributed by atoms with E-state index in [0.717, 1.165) is 5.69 Å². The Morgan fingerprint density at radius 2 is 2.19 bits per heavy atom. The molecular formula is C14H16N6O. The first-order chi connectivity index (χ1) is 10.2. The molecule has 0 unspecified atom stereocenters. The molecule has 0 aliphatic rings. The third kappa shape index (κ3) is 4.57. The number of benzene rings is 1. The fourth-order valence-electron chi connectivity index (χ4n) is 1.63. The summed E-state index contributed by atoms with van der Waals surface area (Å²) in [6.45, 7) is 5.63. The maximum absolute atomic E-state index is 11.0. The average Bonchev–Trinajstić information content (AvgIpc) is 2.45. The fourth-order valence-corrected chi connectivity index (χ4v) is 1.63. The third-order valence-corrected chi connectivity index (χ3v) is 2.42. The van der Waals surface area contributed by atoms with Crippen LogP contribution in [0.1, 0.15) is 6.92 Å². The van der Waals surface area contributed by atoms with Gasteiger partial charge in [-0.05, 0) is 18.2 Å². The van der Waals surface area contributed by atoms with Crippen LogP contribution in [-0.2, 0) is 4.79 Å². The van der Waals surface area contributed by atoms with Crippen molar-refractivity contribution in [2.45, 2.75) is 6.92 Å². The molecule has 1 heterocycles. The normalized spacial score (nSPS) is 9.76. The van der Waals surface area contributed by atoms with Crippen LogP contribution in [0.2, 0.25) is 0 Å². The SMILES string of the molecule is C=CCNc1nncc(Nc2cccc(NC(C)=O)c2)n1. The molecule has 0 aliphatic heterocycles. The quantitative estimate of drug-likeness (QED) is 0.704. The number of anilines is 4. The van der Waals surface area contributed by atoms with Gasteiger partial charge in [0.25, 0.3) is 0 Å². The summed E-state index contributed by atoms with van der Waals surface area (Å²) in [6, 6.07) is 7.31. The monoisotopic (exact) mass is 284 g/mol. The lowest BCUT2D eigenvalue weighted by Crippen LogP contribution is -2.07. The van der Waals surface area contributed by atoms with Crippen molar-refractivity contribution in [1.82, 2.24) is 15.2 Å². The van der Waals surface area contributed by atoms with Gasteiger partial charge in [-0.2, -0.15) is 10.1 Å². The highest BCUT2D eigenvalue weighted by Gasteiger charge is 2.02. The Labute approximate surface area is 122 Å². The molecule has 0 saturated carbocycles. The maximum Gasteiger partial charge on any atom is 0.244 e. The van der Waals surface area contributed by atoms with E-state index in [1.807, 2.05) is 18.2 Å². The van der Waals surface area contributed by atoms with Crippen LogP contribution in [-0.4, -0.2) is 27.6 Å². The summed E-state index contributed by atoms with van der Waals surface area (Å²) < 4.78 is 0. The smallest absolute Gasteiger partial charge is 0.244 e. The van der Waals surface area contributed by atoms with Crippen molar-refractivity contribution < 1.29 is 4.79 Å².